The third kappa shape index (κ3) is 1.83. The van der Waals surface area contributed by atoms with Crippen LogP contribution in [0.15, 0.2) is 12.1 Å². The molecule has 1 N–H and O–H groups in total. The minimum absolute atomic E-state index is 0.121. The van der Waals surface area contributed by atoms with Crippen LogP contribution in [0.1, 0.15) is 21.5 Å². The molecule has 0 aliphatic carbocycles. The van der Waals surface area contributed by atoms with Gasteiger partial charge in [-0.2, -0.15) is 0 Å². The number of rotatable bonds is 3. The van der Waals surface area contributed by atoms with E-state index in [4.69, 9.17) is 4.74 Å². The average Bonchev–Trinajstić information content (AvgIpc) is 2.13. The van der Waals surface area contributed by atoms with Crippen molar-refractivity contribution < 1.29 is 9.53 Å². The summed E-state index contributed by atoms with van der Waals surface area (Å²) in [5.41, 5.74) is 2.88. The Balaban J connectivity index is 2.41. The Morgan fingerprint density at radius 3 is 2.56 bits per heavy atom. The van der Waals surface area contributed by atoms with E-state index in [9.17, 15) is 4.79 Å². The van der Waals surface area contributed by atoms with E-state index in [1.165, 1.54) is 0 Å². The van der Waals surface area contributed by atoms with E-state index in [1.807, 2.05) is 26.0 Å². The van der Waals surface area contributed by atoms with Gasteiger partial charge in [-0.05, 0) is 31.0 Å². The average molecular weight is 219 g/mol. The van der Waals surface area contributed by atoms with Crippen molar-refractivity contribution in [2.24, 2.45) is 5.92 Å². The number of methoxy groups -OCH3 is 1. The molecule has 2 rings (SSSR count). The Morgan fingerprint density at radius 2 is 2.06 bits per heavy atom. The summed E-state index contributed by atoms with van der Waals surface area (Å²) >= 11 is 0. The van der Waals surface area contributed by atoms with Crippen LogP contribution < -0.4 is 10.1 Å². The van der Waals surface area contributed by atoms with Crippen molar-refractivity contribution in [2.75, 3.05) is 20.2 Å². The summed E-state index contributed by atoms with van der Waals surface area (Å²) in [6.45, 7) is 5.55. The topological polar surface area (TPSA) is 38.3 Å². The minimum Gasteiger partial charge on any atom is -0.496 e. The van der Waals surface area contributed by atoms with Crippen molar-refractivity contribution in [1.29, 1.82) is 0 Å². The number of aryl methyl sites for hydroxylation is 2. The molecule has 1 aliphatic rings. The van der Waals surface area contributed by atoms with Crippen LogP contribution in [0.2, 0.25) is 0 Å². The van der Waals surface area contributed by atoms with Gasteiger partial charge in [0.05, 0.1) is 12.7 Å². The molecule has 1 saturated heterocycles. The van der Waals surface area contributed by atoms with Gasteiger partial charge in [-0.1, -0.05) is 6.07 Å². The second kappa shape index (κ2) is 4.26. The number of benzene rings is 1. The second-order valence-electron chi connectivity index (χ2n) is 4.38. The number of Topliss-reactive ketones (excluding diaryl/α,β-unsaturated/α-hetero) is 1. The van der Waals surface area contributed by atoms with E-state index >= 15 is 0 Å². The molecule has 0 aromatic heterocycles. The first-order valence-corrected chi connectivity index (χ1v) is 5.53. The van der Waals surface area contributed by atoms with E-state index in [1.54, 1.807) is 7.11 Å². The van der Waals surface area contributed by atoms with Crippen molar-refractivity contribution >= 4 is 5.78 Å². The van der Waals surface area contributed by atoms with Gasteiger partial charge in [0, 0.05) is 19.0 Å². The van der Waals surface area contributed by atoms with Crippen LogP contribution in [0.5, 0.6) is 5.75 Å². The molecule has 0 unspecified atom stereocenters. The highest BCUT2D eigenvalue weighted by Gasteiger charge is 2.29. The van der Waals surface area contributed by atoms with Gasteiger partial charge in [-0.15, -0.1) is 0 Å². The minimum atomic E-state index is 0.121. The maximum absolute atomic E-state index is 12.2. The zero-order chi connectivity index (χ0) is 11.7. The fraction of sp³-hybridized carbons (Fsp3) is 0.462. The molecular weight excluding hydrogens is 202 g/mol. The van der Waals surface area contributed by atoms with Crippen LogP contribution in [0.4, 0.5) is 0 Å². The molecule has 1 fully saturated rings. The lowest BCUT2D eigenvalue weighted by Gasteiger charge is -2.27. The number of ether oxygens (including phenoxy) is 1. The number of nitrogens with one attached hydrogen (secondary N) is 1. The van der Waals surface area contributed by atoms with Gasteiger partial charge in [0.25, 0.3) is 0 Å². The summed E-state index contributed by atoms with van der Waals surface area (Å²) in [4.78, 5) is 12.2. The van der Waals surface area contributed by atoms with Crippen molar-refractivity contribution in [3.05, 3.63) is 28.8 Å². The first kappa shape index (κ1) is 11.1. The molecule has 0 bridgehead atoms. The molecular formula is C13H17NO2. The zero-order valence-corrected chi connectivity index (χ0v) is 9.96. The fourth-order valence-electron chi connectivity index (χ4n) is 2.08. The van der Waals surface area contributed by atoms with Gasteiger partial charge in [0.15, 0.2) is 5.78 Å². The van der Waals surface area contributed by atoms with Gasteiger partial charge in [-0.3, -0.25) is 4.79 Å². The largest absolute Gasteiger partial charge is 0.496 e. The van der Waals surface area contributed by atoms with Crippen LogP contribution in [0, 0.1) is 19.8 Å². The molecule has 1 aromatic carbocycles. The summed E-state index contributed by atoms with van der Waals surface area (Å²) in [6.07, 6.45) is 0. The van der Waals surface area contributed by atoms with E-state index < -0.39 is 0 Å². The molecule has 0 saturated carbocycles. The summed E-state index contributed by atoms with van der Waals surface area (Å²) in [5, 5.41) is 3.12. The van der Waals surface area contributed by atoms with Gasteiger partial charge in [0.1, 0.15) is 5.75 Å². The van der Waals surface area contributed by atoms with Crippen LogP contribution in [0.3, 0.4) is 0 Å². The van der Waals surface area contributed by atoms with E-state index in [0.29, 0.717) is 5.75 Å². The molecule has 1 aliphatic heterocycles. The lowest BCUT2D eigenvalue weighted by atomic mass is 9.89. The summed E-state index contributed by atoms with van der Waals surface area (Å²) in [7, 11) is 1.62. The van der Waals surface area contributed by atoms with Crippen molar-refractivity contribution in [2.45, 2.75) is 13.8 Å². The second-order valence-corrected chi connectivity index (χ2v) is 4.38. The quantitative estimate of drug-likeness (QED) is 0.787. The number of carbonyl (C=O) groups is 1. The molecule has 16 heavy (non-hydrogen) atoms. The SMILES string of the molecule is COc1cc(C)cc(C)c1C(=O)C1CNC1. The van der Waals surface area contributed by atoms with Gasteiger partial charge in [-0.25, -0.2) is 0 Å². The van der Waals surface area contributed by atoms with Crippen molar-refractivity contribution in [3.8, 4) is 5.75 Å². The molecule has 3 nitrogen and oxygen atoms in total. The fourth-order valence-corrected chi connectivity index (χ4v) is 2.08. The van der Waals surface area contributed by atoms with E-state index in [0.717, 1.165) is 29.8 Å². The third-order valence-corrected chi connectivity index (χ3v) is 3.06. The van der Waals surface area contributed by atoms with Crippen molar-refractivity contribution in [3.63, 3.8) is 0 Å². The lowest BCUT2D eigenvalue weighted by molar-refractivity contribution is 0.0874. The Morgan fingerprint density at radius 1 is 1.38 bits per heavy atom. The number of ketones is 1. The third-order valence-electron chi connectivity index (χ3n) is 3.06. The molecule has 1 heterocycles. The normalized spacial score (nSPS) is 15.7. The predicted molar refractivity (Wildman–Crippen MR) is 63.2 cm³/mol. The predicted octanol–water partition coefficient (Wildman–Crippen LogP) is 1.71. The Labute approximate surface area is 95.8 Å². The standard InChI is InChI=1S/C13H17NO2/c1-8-4-9(2)12(11(5-8)16-3)13(15)10-6-14-7-10/h4-5,10,14H,6-7H2,1-3H3. The van der Waals surface area contributed by atoms with Gasteiger partial charge < -0.3 is 10.1 Å². The molecule has 0 spiro atoms. The van der Waals surface area contributed by atoms with Crippen molar-refractivity contribution in [1.82, 2.24) is 5.32 Å². The molecule has 0 atom stereocenters. The first-order chi connectivity index (χ1) is 7.63. The molecule has 3 heteroatoms. The number of carbonyl (C=O) groups excluding carboxylic acids is 1. The Bertz CT molecular complexity index is 422. The maximum atomic E-state index is 12.2. The van der Waals surface area contributed by atoms with Crippen LogP contribution >= 0.6 is 0 Å². The first-order valence-electron chi connectivity index (χ1n) is 5.53. The van der Waals surface area contributed by atoms with E-state index in [2.05, 4.69) is 5.32 Å². The lowest BCUT2D eigenvalue weighted by Crippen LogP contribution is -2.46. The maximum Gasteiger partial charge on any atom is 0.172 e. The summed E-state index contributed by atoms with van der Waals surface area (Å²) in [6, 6.07) is 3.95. The molecule has 0 amide bonds. The van der Waals surface area contributed by atoms with Gasteiger partial charge >= 0.3 is 0 Å². The summed E-state index contributed by atoms with van der Waals surface area (Å²) < 4.78 is 5.31. The molecule has 0 radical (unpaired) electrons. The number of hydrogen-bond acceptors (Lipinski definition) is 3. The van der Waals surface area contributed by atoms with Crippen LogP contribution in [-0.2, 0) is 0 Å². The highest BCUT2D eigenvalue weighted by Crippen LogP contribution is 2.27. The van der Waals surface area contributed by atoms with E-state index in [-0.39, 0.29) is 11.7 Å². The highest BCUT2D eigenvalue weighted by atomic mass is 16.5. The summed E-state index contributed by atoms with van der Waals surface area (Å²) in [5.74, 6) is 1.03. The molecule has 1 aromatic rings. The zero-order valence-electron chi connectivity index (χ0n) is 9.96. The Kier molecular flexibility index (Phi) is 2.97. The number of hydrogen-bond donors (Lipinski definition) is 1. The Hall–Kier alpha value is -1.35. The molecule has 86 valence electrons. The van der Waals surface area contributed by atoms with Crippen LogP contribution in [-0.4, -0.2) is 26.0 Å². The van der Waals surface area contributed by atoms with Crippen LogP contribution in [0.25, 0.3) is 0 Å². The monoisotopic (exact) mass is 219 g/mol. The smallest absolute Gasteiger partial charge is 0.172 e. The van der Waals surface area contributed by atoms with Gasteiger partial charge in [0.2, 0.25) is 0 Å². The highest BCUT2D eigenvalue weighted by molar-refractivity contribution is 6.02.